The second-order valence-electron chi connectivity index (χ2n) is 5.38. The third kappa shape index (κ3) is 2.67. The molecule has 1 aliphatic rings. The second kappa shape index (κ2) is 5.63. The Balaban J connectivity index is 1.50. The number of benzene rings is 1. The van der Waals surface area contributed by atoms with Gasteiger partial charge >= 0.3 is 0 Å². The summed E-state index contributed by atoms with van der Waals surface area (Å²) in [6, 6.07) is 8.96. The van der Waals surface area contributed by atoms with Crippen molar-refractivity contribution in [2.75, 3.05) is 7.11 Å². The Morgan fingerprint density at radius 3 is 2.95 bits per heavy atom. The summed E-state index contributed by atoms with van der Waals surface area (Å²) in [5, 5.41) is 11.5. The van der Waals surface area contributed by atoms with Crippen molar-refractivity contribution in [1.82, 2.24) is 20.1 Å². The maximum Gasteiger partial charge on any atom is 0.146 e. The largest absolute Gasteiger partial charge is 0.497 e. The average molecular weight is 272 g/mol. The van der Waals surface area contributed by atoms with Crippen LogP contribution in [0.15, 0.2) is 30.6 Å². The van der Waals surface area contributed by atoms with E-state index in [1.165, 1.54) is 18.4 Å². The molecule has 2 aromatic rings. The highest BCUT2D eigenvalue weighted by Crippen LogP contribution is 2.37. The summed E-state index contributed by atoms with van der Waals surface area (Å²) in [4.78, 5) is 0. The van der Waals surface area contributed by atoms with Crippen LogP contribution in [-0.4, -0.2) is 27.9 Å². The number of nitrogens with one attached hydrogen (secondary N) is 1. The molecule has 1 aromatic carbocycles. The molecule has 5 nitrogen and oxygen atoms in total. The van der Waals surface area contributed by atoms with Crippen molar-refractivity contribution in [2.45, 2.75) is 31.3 Å². The zero-order chi connectivity index (χ0) is 13.9. The van der Waals surface area contributed by atoms with Crippen molar-refractivity contribution in [3.05, 3.63) is 42.0 Å². The minimum Gasteiger partial charge on any atom is -0.497 e. The zero-order valence-electron chi connectivity index (χ0n) is 11.9. The van der Waals surface area contributed by atoms with Gasteiger partial charge in [-0.05, 0) is 36.5 Å². The molecule has 106 valence electrons. The molecule has 1 fully saturated rings. The molecular formula is C15H20N4O. The number of hydrogen-bond donors (Lipinski definition) is 1. The quantitative estimate of drug-likeness (QED) is 0.902. The number of methoxy groups -OCH3 is 1. The van der Waals surface area contributed by atoms with Gasteiger partial charge in [0.1, 0.15) is 17.9 Å². The van der Waals surface area contributed by atoms with E-state index in [0.717, 1.165) is 18.1 Å². The van der Waals surface area contributed by atoms with E-state index < -0.39 is 0 Å². The Kier molecular flexibility index (Phi) is 3.69. The van der Waals surface area contributed by atoms with Crippen molar-refractivity contribution in [3.63, 3.8) is 0 Å². The van der Waals surface area contributed by atoms with Crippen LogP contribution >= 0.6 is 0 Å². The summed E-state index contributed by atoms with van der Waals surface area (Å²) in [6.45, 7) is 0.784. The predicted octanol–water partition coefficient (Wildman–Crippen LogP) is 1.86. The maximum atomic E-state index is 5.28. The molecule has 1 heterocycles. The van der Waals surface area contributed by atoms with Crippen LogP contribution in [0, 0.1) is 0 Å². The molecule has 0 amide bonds. The molecule has 1 aromatic heterocycles. The summed E-state index contributed by atoms with van der Waals surface area (Å²) >= 11 is 0. The third-order valence-electron chi connectivity index (χ3n) is 4.06. The molecule has 1 N–H and O–H groups in total. The molecule has 0 saturated heterocycles. The van der Waals surface area contributed by atoms with E-state index in [4.69, 9.17) is 4.74 Å². The summed E-state index contributed by atoms with van der Waals surface area (Å²) < 4.78 is 7.23. The number of aromatic nitrogens is 3. The molecule has 3 rings (SSSR count). The molecule has 0 unspecified atom stereocenters. The van der Waals surface area contributed by atoms with Gasteiger partial charge in [0.25, 0.3) is 0 Å². The van der Waals surface area contributed by atoms with Crippen LogP contribution in [-0.2, 0) is 13.6 Å². The Bertz CT molecular complexity index is 575. The normalized spacial score (nSPS) is 21.5. The smallest absolute Gasteiger partial charge is 0.146 e. The Hall–Kier alpha value is -1.88. The first-order chi connectivity index (χ1) is 9.76. The highest BCUT2D eigenvalue weighted by molar-refractivity contribution is 5.32. The van der Waals surface area contributed by atoms with E-state index in [-0.39, 0.29) is 0 Å². The fraction of sp³-hybridized carbons (Fsp3) is 0.467. The molecule has 0 atom stereocenters. The molecular weight excluding hydrogens is 252 g/mol. The van der Waals surface area contributed by atoms with Crippen LogP contribution in [0.3, 0.4) is 0 Å². The summed E-state index contributed by atoms with van der Waals surface area (Å²) in [5.74, 6) is 2.56. The van der Waals surface area contributed by atoms with Crippen LogP contribution < -0.4 is 10.1 Å². The van der Waals surface area contributed by atoms with Crippen molar-refractivity contribution in [3.8, 4) is 5.75 Å². The second-order valence-corrected chi connectivity index (χ2v) is 5.38. The van der Waals surface area contributed by atoms with E-state index in [9.17, 15) is 0 Å². The van der Waals surface area contributed by atoms with Gasteiger partial charge in [0, 0.05) is 13.1 Å². The van der Waals surface area contributed by atoms with Crippen LogP contribution in [0.5, 0.6) is 5.75 Å². The topological polar surface area (TPSA) is 52.0 Å². The fourth-order valence-corrected chi connectivity index (χ4v) is 2.65. The van der Waals surface area contributed by atoms with Crippen molar-refractivity contribution in [1.29, 1.82) is 0 Å². The Labute approximate surface area is 119 Å². The lowest BCUT2D eigenvalue weighted by molar-refractivity contribution is 0.286. The minimum absolute atomic E-state index is 0.572. The summed E-state index contributed by atoms with van der Waals surface area (Å²) in [7, 11) is 3.68. The van der Waals surface area contributed by atoms with Gasteiger partial charge in [-0.25, -0.2) is 0 Å². The van der Waals surface area contributed by atoms with E-state index >= 15 is 0 Å². The number of nitrogens with zero attached hydrogens (tertiary/aromatic N) is 3. The van der Waals surface area contributed by atoms with Gasteiger partial charge in [-0.3, -0.25) is 0 Å². The molecule has 0 bridgehead atoms. The van der Waals surface area contributed by atoms with Crippen molar-refractivity contribution < 1.29 is 4.74 Å². The monoisotopic (exact) mass is 272 g/mol. The van der Waals surface area contributed by atoms with Crippen LogP contribution in [0.4, 0.5) is 0 Å². The molecule has 0 spiro atoms. The lowest BCUT2D eigenvalue weighted by atomic mass is 9.76. The van der Waals surface area contributed by atoms with Crippen molar-refractivity contribution >= 4 is 0 Å². The molecule has 0 radical (unpaired) electrons. The Morgan fingerprint density at radius 1 is 1.40 bits per heavy atom. The highest BCUT2D eigenvalue weighted by atomic mass is 16.5. The maximum absolute atomic E-state index is 5.28. The van der Waals surface area contributed by atoms with Gasteiger partial charge in [-0.1, -0.05) is 12.1 Å². The van der Waals surface area contributed by atoms with Crippen molar-refractivity contribution in [2.24, 2.45) is 7.05 Å². The van der Waals surface area contributed by atoms with Gasteiger partial charge in [0.05, 0.1) is 13.7 Å². The first-order valence-corrected chi connectivity index (χ1v) is 6.96. The molecule has 20 heavy (non-hydrogen) atoms. The van der Waals surface area contributed by atoms with Gasteiger partial charge in [-0.2, -0.15) is 0 Å². The standard InChI is InChI=1S/C15H20N4O/c1-19-10-17-18-15(19)9-16-13-6-12(7-13)11-4-3-5-14(8-11)20-2/h3-5,8,10,12-13,16H,6-7,9H2,1-2H3. The number of rotatable bonds is 5. The van der Waals surface area contributed by atoms with Gasteiger partial charge in [0.2, 0.25) is 0 Å². The van der Waals surface area contributed by atoms with Crippen LogP contribution in [0.2, 0.25) is 0 Å². The van der Waals surface area contributed by atoms with E-state index in [2.05, 4.69) is 33.7 Å². The Morgan fingerprint density at radius 2 is 2.25 bits per heavy atom. The lowest BCUT2D eigenvalue weighted by Gasteiger charge is -2.36. The SMILES string of the molecule is COc1cccc(C2CC(NCc3nncn3C)C2)c1. The molecule has 1 saturated carbocycles. The zero-order valence-corrected chi connectivity index (χ0v) is 11.9. The third-order valence-corrected chi connectivity index (χ3v) is 4.06. The molecule has 5 heteroatoms. The lowest BCUT2D eigenvalue weighted by Crippen LogP contribution is -2.40. The number of hydrogen-bond acceptors (Lipinski definition) is 4. The van der Waals surface area contributed by atoms with Gasteiger partial charge in [0.15, 0.2) is 0 Å². The van der Waals surface area contributed by atoms with Gasteiger partial charge in [-0.15, -0.1) is 10.2 Å². The summed E-state index contributed by atoms with van der Waals surface area (Å²) in [6.07, 6.45) is 4.08. The van der Waals surface area contributed by atoms with Crippen LogP contribution in [0.1, 0.15) is 30.1 Å². The first kappa shape index (κ1) is 13.1. The molecule has 1 aliphatic carbocycles. The van der Waals surface area contributed by atoms with Gasteiger partial charge < -0.3 is 14.6 Å². The van der Waals surface area contributed by atoms with E-state index in [0.29, 0.717) is 12.0 Å². The van der Waals surface area contributed by atoms with Crippen LogP contribution in [0.25, 0.3) is 0 Å². The number of ether oxygens (including phenoxy) is 1. The first-order valence-electron chi connectivity index (χ1n) is 6.96. The van der Waals surface area contributed by atoms with E-state index in [1.54, 1.807) is 13.4 Å². The predicted molar refractivity (Wildman–Crippen MR) is 76.6 cm³/mol. The summed E-state index contributed by atoms with van der Waals surface area (Å²) in [5.41, 5.74) is 1.38. The van der Waals surface area contributed by atoms with E-state index in [1.807, 2.05) is 17.7 Å². The fourth-order valence-electron chi connectivity index (χ4n) is 2.65. The minimum atomic E-state index is 0.572. The average Bonchev–Trinajstić information content (AvgIpc) is 2.83. The highest BCUT2D eigenvalue weighted by Gasteiger charge is 2.30. The number of aryl methyl sites for hydroxylation is 1. The molecule has 0 aliphatic heterocycles.